The molecule has 2 nitrogen and oxygen atoms in total. The van der Waals surface area contributed by atoms with Gasteiger partial charge in [0.25, 0.3) is 0 Å². The number of hydrogen-bond acceptors (Lipinski definition) is 1. The van der Waals surface area contributed by atoms with Crippen molar-refractivity contribution < 1.29 is 9.59 Å². The fourth-order valence-electron chi connectivity index (χ4n) is 8.94. The molecule has 0 radical (unpaired) electrons. The average Bonchev–Trinajstić information content (AvgIpc) is 3.29. The highest BCUT2D eigenvalue weighted by atomic mass is 35.5. The average molecular weight is 832 g/mol. The SMILES string of the molecule is CCC(CC(CC(CC(CC(C)c1ccc(C(C)C)cc1)c1ccccc1)c1ccccc1)c1ccccc1)c1ccccc1.CCCl.CCO.CC[N+]1(C)CCCCC1. The summed E-state index contributed by atoms with van der Waals surface area (Å²) in [5.74, 6) is 3.74. The third-order valence-corrected chi connectivity index (χ3v) is 12.8. The van der Waals surface area contributed by atoms with Gasteiger partial charge in [-0.25, -0.2) is 0 Å². The number of halogens is 1. The third kappa shape index (κ3) is 17.7. The lowest BCUT2D eigenvalue weighted by molar-refractivity contribution is -0.912. The zero-order chi connectivity index (χ0) is 43.6. The Morgan fingerprint density at radius 3 is 1.10 bits per heavy atom. The molecule has 1 aliphatic heterocycles. The molecular formula is C57H81ClNO+. The second-order valence-electron chi connectivity index (χ2n) is 17.5. The van der Waals surface area contributed by atoms with Crippen molar-refractivity contribution in [3.63, 3.8) is 0 Å². The van der Waals surface area contributed by atoms with Crippen LogP contribution in [-0.4, -0.2) is 48.8 Å². The van der Waals surface area contributed by atoms with Crippen LogP contribution in [0.15, 0.2) is 146 Å². The van der Waals surface area contributed by atoms with Crippen LogP contribution in [0.4, 0.5) is 0 Å². The summed E-state index contributed by atoms with van der Waals surface area (Å²) in [5, 5.41) is 7.57. The van der Waals surface area contributed by atoms with E-state index in [2.05, 4.69) is 187 Å². The molecule has 5 aromatic rings. The molecule has 1 N–H and O–H groups in total. The molecule has 5 unspecified atom stereocenters. The number of hydrogen-bond donors (Lipinski definition) is 1. The van der Waals surface area contributed by atoms with Crippen LogP contribution in [0.1, 0.15) is 169 Å². The second kappa shape index (κ2) is 28.8. The fraction of sp³-hybridized carbons (Fsp3) is 0.474. The summed E-state index contributed by atoms with van der Waals surface area (Å²) >= 11 is 5.00. The van der Waals surface area contributed by atoms with Crippen LogP contribution in [0.25, 0.3) is 0 Å². The highest BCUT2D eigenvalue weighted by Crippen LogP contribution is 2.44. The monoisotopic (exact) mass is 831 g/mol. The molecule has 5 atom stereocenters. The van der Waals surface area contributed by atoms with Gasteiger partial charge in [0.1, 0.15) is 0 Å². The van der Waals surface area contributed by atoms with Crippen LogP contribution in [0.3, 0.4) is 0 Å². The number of benzene rings is 5. The first kappa shape index (κ1) is 50.7. The molecule has 0 bridgehead atoms. The molecule has 1 aliphatic rings. The van der Waals surface area contributed by atoms with Crippen molar-refractivity contribution in [2.24, 2.45) is 0 Å². The predicted molar refractivity (Wildman–Crippen MR) is 264 cm³/mol. The molecular weight excluding hydrogens is 750 g/mol. The van der Waals surface area contributed by atoms with E-state index in [1.807, 2.05) is 6.92 Å². The van der Waals surface area contributed by atoms with Crippen molar-refractivity contribution in [3.8, 4) is 0 Å². The molecule has 0 aliphatic carbocycles. The van der Waals surface area contributed by atoms with Gasteiger partial charge < -0.3 is 9.59 Å². The van der Waals surface area contributed by atoms with Gasteiger partial charge in [-0.3, -0.25) is 0 Å². The third-order valence-electron chi connectivity index (χ3n) is 12.8. The Balaban J connectivity index is 0.000000545. The zero-order valence-corrected chi connectivity index (χ0v) is 39.5. The van der Waals surface area contributed by atoms with Crippen molar-refractivity contribution in [1.29, 1.82) is 0 Å². The summed E-state index contributed by atoms with van der Waals surface area (Å²) in [6.07, 6.45) is 10.1. The van der Waals surface area contributed by atoms with Gasteiger partial charge >= 0.3 is 0 Å². The first-order valence-electron chi connectivity index (χ1n) is 23.4. The van der Waals surface area contributed by atoms with Crippen LogP contribution in [0, 0.1) is 0 Å². The van der Waals surface area contributed by atoms with E-state index in [-0.39, 0.29) is 6.61 Å². The Kier molecular flexibility index (Phi) is 24.3. The van der Waals surface area contributed by atoms with Gasteiger partial charge in [0.05, 0.1) is 26.7 Å². The van der Waals surface area contributed by atoms with Gasteiger partial charge in [-0.1, -0.05) is 180 Å². The van der Waals surface area contributed by atoms with Crippen LogP contribution in [0.2, 0.25) is 0 Å². The quantitative estimate of drug-likeness (QED) is 0.0776. The normalized spacial score (nSPS) is 15.7. The lowest BCUT2D eigenvalue weighted by Crippen LogP contribution is -2.47. The zero-order valence-electron chi connectivity index (χ0n) is 38.8. The van der Waals surface area contributed by atoms with E-state index in [0.29, 0.717) is 35.5 Å². The number of rotatable bonds is 16. The summed E-state index contributed by atoms with van der Waals surface area (Å²) < 4.78 is 1.32. The van der Waals surface area contributed by atoms with Gasteiger partial charge in [-0.05, 0) is 134 Å². The van der Waals surface area contributed by atoms with Crippen molar-refractivity contribution >= 4 is 11.6 Å². The molecule has 60 heavy (non-hydrogen) atoms. The molecule has 0 amide bonds. The Morgan fingerprint density at radius 2 is 0.783 bits per heavy atom. The minimum Gasteiger partial charge on any atom is -0.397 e. The van der Waals surface area contributed by atoms with E-state index < -0.39 is 0 Å². The molecule has 326 valence electrons. The van der Waals surface area contributed by atoms with Crippen molar-refractivity contribution in [3.05, 3.63) is 179 Å². The second-order valence-corrected chi connectivity index (χ2v) is 18.1. The number of aliphatic hydroxyl groups excluding tert-OH is 1. The standard InChI is InChI=1S/C45H52.C8H18N.C2H5Cl.C2H6O/c1-5-36(39-18-10-6-11-19-39)31-44(41-22-14-8-15-23-41)33-45(42-24-16-9-17-25-42)32-43(40-20-12-7-13-21-40)30-35(4)38-28-26-37(27-29-38)34(2)3;1-3-9(2)7-5-4-6-8-9;2*1-2-3/h6-29,34-36,43-45H,5,30-33H2,1-4H3;3-8H2,1-2H3;2H2,1H3;3H,2H2,1H3/q;+1;;. The Morgan fingerprint density at radius 1 is 0.467 bits per heavy atom. The Hall–Kier alpha value is -3.69. The highest BCUT2D eigenvalue weighted by molar-refractivity contribution is 6.17. The summed E-state index contributed by atoms with van der Waals surface area (Å²) in [7, 11) is 2.37. The van der Waals surface area contributed by atoms with Crippen molar-refractivity contribution in [2.75, 3.05) is 39.2 Å². The Bertz CT molecular complexity index is 1750. The van der Waals surface area contributed by atoms with Gasteiger partial charge in [0, 0.05) is 12.5 Å². The van der Waals surface area contributed by atoms with E-state index in [9.17, 15) is 0 Å². The van der Waals surface area contributed by atoms with Gasteiger partial charge in [0.2, 0.25) is 0 Å². The topological polar surface area (TPSA) is 20.2 Å². The maximum atomic E-state index is 7.57. The summed E-state index contributed by atoms with van der Waals surface area (Å²) in [4.78, 5) is 0. The molecule has 5 aromatic carbocycles. The summed E-state index contributed by atoms with van der Waals surface area (Å²) in [5.41, 5.74) is 8.76. The highest BCUT2D eigenvalue weighted by Gasteiger charge is 2.28. The minimum absolute atomic E-state index is 0.250. The smallest absolute Gasteiger partial charge is 0.0784 e. The predicted octanol–water partition coefficient (Wildman–Crippen LogP) is 15.9. The summed E-state index contributed by atoms with van der Waals surface area (Å²) in [6, 6.07) is 54.6. The number of alkyl halides is 1. The van der Waals surface area contributed by atoms with E-state index in [4.69, 9.17) is 16.7 Å². The molecule has 0 spiro atoms. The lowest BCUT2D eigenvalue weighted by atomic mass is 9.73. The van der Waals surface area contributed by atoms with E-state index in [1.54, 1.807) is 6.92 Å². The van der Waals surface area contributed by atoms with E-state index in [0.717, 1.165) is 31.6 Å². The molecule has 6 rings (SSSR count). The van der Waals surface area contributed by atoms with E-state index in [1.165, 1.54) is 83.2 Å². The van der Waals surface area contributed by atoms with Crippen molar-refractivity contribution in [1.82, 2.24) is 0 Å². The first-order chi connectivity index (χ1) is 29.1. The minimum atomic E-state index is 0.250. The van der Waals surface area contributed by atoms with Gasteiger partial charge in [0.15, 0.2) is 0 Å². The molecule has 1 saturated heterocycles. The molecule has 0 saturated carbocycles. The molecule has 1 fully saturated rings. The van der Waals surface area contributed by atoms with Crippen LogP contribution < -0.4 is 0 Å². The number of piperidine rings is 1. The fourth-order valence-corrected chi connectivity index (χ4v) is 8.94. The maximum absolute atomic E-state index is 7.57. The van der Waals surface area contributed by atoms with E-state index >= 15 is 0 Å². The van der Waals surface area contributed by atoms with Gasteiger partial charge in [-0.15, -0.1) is 11.6 Å². The Labute approximate surface area is 373 Å². The number of likely N-dealkylation sites (tertiary alicyclic amines) is 1. The van der Waals surface area contributed by atoms with Gasteiger partial charge in [-0.2, -0.15) is 0 Å². The van der Waals surface area contributed by atoms with Crippen LogP contribution in [0.5, 0.6) is 0 Å². The first-order valence-corrected chi connectivity index (χ1v) is 23.9. The number of quaternary nitrogens is 1. The van der Waals surface area contributed by atoms with Crippen LogP contribution >= 0.6 is 11.6 Å². The van der Waals surface area contributed by atoms with Crippen molar-refractivity contribution in [2.45, 2.75) is 135 Å². The largest absolute Gasteiger partial charge is 0.397 e. The van der Waals surface area contributed by atoms with Crippen LogP contribution in [-0.2, 0) is 0 Å². The maximum Gasteiger partial charge on any atom is 0.0784 e. The summed E-state index contributed by atoms with van der Waals surface area (Å²) in [6.45, 7) is 19.6. The number of aliphatic hydroxyl groups is 1. The molecule has 1 heterocycles. The lowest BCUT2D eigenvalue weighted by Gasteiger charge is -2.36. The number of nitrogens with zero attached hydrogens (tertiary/aromatic N) is 1. The molecule has 3 heteroatoms. The molecule has 0 aromatic heterocycles.